The number of rotatable bonds is 1. The van der Waals surface area contributed by atoms with Crippen molar-refractivity contribution in [3.8, 4) is 0 Å². The maximum absolute atomic E-state index is 12.8. The van der Waals surface area contributed by atoms with Crippen molar-refractivity contribution in [2.24, 2.45) is 0 Å². The smallest absolute Gasteiger partial charge is 0.270 e. The highest BCUT2D eigenvalue weighted by Crippen LogP contribution is 2.31. The molecule has 20 heavy (non-hydrogen) atoms. The van der Waals surface area contributed by atoms with Crippen LogP contribution in [0.3, 0.4) is 0 Å². The minimum atomic E-state index is 0.0413. The normalized spacial score (nSPS) is 14.2. The number of aryl methyl sites for hydroxylation is 3. The van der Waals surface area contributed by atoms with Gasteiger partial charge in [-0.1, -0.05) is 6.07 Å². The average Bonchev–Trinajstić information content (AvgIpc) is 2.76. The lowest BCUT2D eigenvalue weighted by Gasteiger charge is -2.29. The van der Waals surface area contributed by atoms with Crippen LogP contribution >= 0.6 is 11.3 Å². The summed E-state index contributed by atoms with van der Waals surface area (Å²) in [6.07, 6.45) is 1.99. The zero-order chi connectivity index (χ0) is 14.3. The van der Waals surface area contributed by atoms with Gasteiger partial charge in [0.25, 0.3) is 5.91 Å². The molecular formula is C15H17N3OS. The summed E-state index contributed by atoms with van der Waals surface area (Å²) in [5, 5.41) is 0.927. The van der Waals surface area contributed by atoms with E-state index in [9.17, 15) is 4.79 Å². The summed E-state index contributed by atoms with van der Waals surface area (Å²) in [6.45, 7) is 4.56. The highest BCUT2D eigenvalue weighted by molar-refractivity contribution is 7.13. The number of aromatic nitrogens is 1. The molecule has 2 N–H and O–H groups in total. The zero-order valence-electron chi connectivity index (χ0n) is 11.6. The number of hydrogen-bond donors (Lipinski definition) is 1. The van der Waals surface area contributed by atoms with Gasteiger partial charge in [-0.05, 0) is 44.4 Å². The lowest BCUT2D eigenvalue weighted by molar-refractivity contribution is 0.0988. The van der Waals surface area contributed by atoms with Crippen LogP contribution in [0.4, 0.5) is 11.4 Å². The lowest BCUT2D eigenvalue weighted by Crippen LogP contribution is -2.35. The number of nitrogens with zero attached hydrogens (tertiary/aromatic N) is 2. The number of nitrogens with two attached hydrogens (primary N) is 1. The zero-order valence-corrected chi connectivity index (χ0v) is 12.5. The first-order chi connectivity index (χ1) is 9.56. The van der Waals surface area contributed by atoms with Crippen molar-refractivity contribution < 1.29 is 4.79 Å². The van der Waals surface area contributed by atoms with Gasteiger partial charge in [0.2, 0.25) is 0 Å². The minimum absolute atomic E-state index is 0.0413. The molecule has 3 rings (SSSR count). The van der Waals surface area contributed by atoms with Gasteiger partial charge in [-0.15, -0.1) is 11.3 Å². The molecule has 1 amide bonds. The van der Waals surface area contributed by atoms with Gasteiger partial charge in [0.1, 0.15) is 4.88 Å². The van der Waals surface area contributed by atoms with E-state index in [0.717, 1.165) is 40.7 Å². The Morgan fingerprint density at radius 1 is 1.40 bits per heavy atom. The maximum atomic E-state index is 12.8. The Morgan fingerprint density at radius 3 is 2.90 bits per heavy atom. The Morgan fingerprint density at radius 2 is 2.20 bits per heavy atom. The number of anilines is 2. The highest BCUT2D eigenvalue weighted by atomic mass is 32.1. The first-order valence-electron chi connectivity index (χ1n) is 6.70. The third kappa shape index (κ3) is 2.18. The Kier molecular flexibility index (Phi) is 3.22. The van der Waals surface area contributed by atoms with Crippen molar-refractivity contribution in [1.82, 2.24) is 4.98 Å². The van der Waals surface area contributed by atoms with Crippen LogP contribution in [0.15, 0.2) is 18.2 Å². The average molecular weight is 287 g/mol. The van der Waals surface area contributed by atoms with E-state index < -0.39 is 0 Å². The topological polar surface area (TPSA) is 59.2 Å². The number of hydrogen-bond acceptors (Lipinski definition) is 4. The van der Waals surface area contributed by atoms with Gasteiger partial charge in [-0.2, -0.15) is 0 Å². The molecule has 2 heterocycles. The summed E-state index contributed by atoms with van der Waals surface area (Å²) in [5.41, 5.74) is 9.52. The van der Waals surface area contributed by atoms with Gasteiger partial charge >= 0.3 is 0 Å². The molecule has 1 aliphatic heterocycles. The van der Waals surface area contributed by atoms with Crippen molar-refractivity contribution in [1.29, 1.82) is 0 Å². The largest absolute Gasteiger partial charge is 0.399 e. The molecule has 1 aromatic carbocycles. The summed E-state index contributed by atoms with van der Waals surface area (Å²) in [7, 11) is 0. The van der Waals surface area contributed by atoms with E-state index >= 15 is 0 Å². The van der Waals surface area contributed by atoms with Crippen LogP contribution in [0, 0.1) is 13.8 Å². The summed E-state index contributed by atoms with van der Waals surface area (Å²) in [4.78, 5) is 19.7. The summed E-state index contributed by atoms with van der Waals surface area (Å²) in [5.74, 6) is 0.0413. The number of carbonyl (C=O) groups excluding carboxylic acids is 1. The molecule has 0 fully saturated rings. The second-order valence-electron chi connectivity index (χ2n) is 5.10. The SMILES string of the molecule is Cc1nc(C)c(C(=O)N2CCCc3ccc(N)cc32)s1. The van der Waals surface area contributed by atoms with Crippen molar-refractivity contribution in [3.05, 3.63) is 39.3 Å². The molecule has 0 atom stereocenters. The number of benzene rings is 1. The van der Waals surface area contributed by atoms with Crippen LogP contribution in [0.2, 0.25) is 0 Å². The van der Waals surface area contributed by atoms with Crippen molar-refractivity contribution in [3.63, 3.8) is 0 Å². The van der Waals surface area contributed by atoms with E-state index in [1.54, 1.807) is 0 Å². The fraction of sp³-hybridized carbons (Fsp3) is 0.333. The summed E-state index contributed by atoms with van der Waals surface area (Å²) in [6, 6.07) is 5.82. The molecular weight excluding hydrogens is 270 g/mol. The van der Waals surface area contributed by atoms with Crippen LogP contribution in [-0.2, 0) is 6.42 Å². The van der Waals surface area contributed by atoms with Crippen molar-refractivity contribution in [2.75, 3.05) is 17.2 Å². The number of carbonyl (C=O) groups is 1. The Hall–Kier alpha value is -1.88. The standard InChI is InChI=1S/C15H17N3OS/c1-9-14(20-10(2)17-9)15(19)18-7-3-4-11-5-6-12(16)8-13(11)18/h5-6,8H,3-4,7,16H2,1-2H3. The number of amides is 1. The molecule has 0 bridgehead atoms. The van der Waals surface area contributed by atoms with Crippen LogP contribution in [0.5, 0.6) is 0 Å². The number of nitrogen functional groups attached to an aromatic ring is 1. The second kappa shape index (κ2) is 4.90. The van der Waals surface area contributed by atoms with Gasteiger partial charge in [0.15, 0.2) is 0 Å². The van der Waals surface area contributed by atoms with Crippen molar-refractivity contribution in [2.45, 2.75) is 26.7 Å². The fourth-order valence-corrected chi connectivity index (χ4v) is 3.52. The quantitative estimate of drug-likeness (QED) is 0.820. The first-order valence-corrected chi connectivity index (χ1v) is 7.52. The molecule has 0 unspecified atom stereocenters. The van der Waals surface area contributed by atoms with Crippen LogP contribution < -0.4 is 10.6 Å². The van der Waals surface area contributed by atoms with Crippen LogP contribution in [-0.4, -0.2) is 17.4 Å². The molecule has 0 aliphatic carbocycles. The van der Waals surface area contributed by atoms with E-state index in [1.165, 1.54) is 16.9 Å². The Balaban J connectivity index is 2.02. The van der Waals surface area contributed by atoms with Crippen molar-refractivity contribution >= 4 is 28.6 Å². The molecule has 0 saturated carbocycles. The second-order valence-corrected chi connectivity index (χ2v) is 6.30. The maximum Gasteiger partial charge on any atom is 0.270 e. The summed E-state index contributed by atoms with van der Waals surface area (Å²) < 4.78 is 0. The molecule has 4 nitrogen and oxygen atoms in total. The highest BCUT2D eigenvalue weighted by Gasteiger charge is 2.26. The van der Waals surface area contributed by atoms with Gasteiger partial charge in [-0.25, -0.2) is 4.98 Å². The third-order valence-electron chi connectivity index (χ3n) is 3.57. The Bertz CT molecular complexity index is 678. The molecule has 5 heteroatoms. The third-order valence-corrected chi connectivity index (χ3v) is 4.63. The molecule has 104 valence electrons. The molecule has 0 radical (unpaired) electrons. The first kappa shape index (κ1) is 13.1. The predicted molar refractivity (Wildman–Crippen MR) is 82.4 cm³/mol. The van der Waals surface area contributed by atoms with E-state index in [4.69, 9.17) is 5.73 Å². The lowest BCUT2D eigenvalue weighted by atomic mass is 10.0. The summed E-state index contributed by atoms with van der Waals surface area (Å²) >= 11 is 1.46. The predicted octanol–water partition coefficient (Wildman–Crippen LogP) is 2.94. The van der Waals surface area contributed by atoms with E-state index in [-0.39, 0.29) is 5.91 Å². The molecule has 1 aromatic heterocycles. The van der Waals surface area contributed by atoms with E-state index in [1.807, 2.05) is 36.9 Å². The van der Waals surface area contributed by atoms with E-state index in [0.29, 0.717) is 5.69 Å². The Labute approximate surface area is 122 Å². The van der Waals surface area contributed by atoms with Crippen LogP contribution in [0.1, 0.15) is 32.4 Å². The van der Waals surface area contributed by atoms with Gasteiger partial charge < -0.3 is 10.6 Å². The van der Waals surface area contributed by atoms with E-state index in [2.05, 4.69) is 4.98 Å². The molecule has 0 spiro atoms. The number of thiazole rings is 1. The fourth-order valence-electron chi connectivity index (χ4n) is 2.65. The van der Waals surface area contributed by atoms with Crippen LogP contribution in [0.25, 0.3) is 0 Å². The monoisotopic (exact) mass is 287 g/mol. The van der Waals surface area contributed by atoms with Gasteiger partial charge in [0, 0.05) is 17.9 Å². The van der Waals surface area contributed by atoms with Gasteiger partial charge in [0.05, 0.1) is 10.7 Å². The molecule has 0 saturated heterocycles. The molecule has 2 aromatic rings. The number of fused-ring (bicyclic) bond motifs is 1. The minimum Gasteiger partial charge on any atom is -0.399 e. The molecule has 1 aliphatic rings. The van der Waals surface area contributed by atoms with Gasteiger partial charge in [-0.3, -0.25) is 4.79 Å².